The van der Waals surface area contributed by atoms with Crippen molar-refractivity contribution in [3.63, 3.8) is 0 Å². The third kappa shape index (κ3) is 4.32. The molecular formula is C20H28N4. The second-order valence-corrected chi connectivity index (χ2v) is 6.69. The summed E-state index contributed by atoms with van der Waals surface area (Å²) in [4.78, 5) is 4.88. The molecule has 3 rings (SSSR count). The predicted molar refractivity (Wildman–Crippen MR) is 99.4 cm³/mol. The van der Waals surface area contributed by atoms with Crippen LogP contribution in [0.4, 0.5) is 5.82 Å². The van der Waals surface area contributed by atoms with Gasteiger partial charge in [-0.2, -0.15) is 5.10 Å². The van der Waals surface area contributed by atoms with Crippen molar-refractivity contribution in [2.24, 2.45) is 0 Å². The molecule has 4 nitrogen and oxygen atoms in total. The van der Waals surface area contributed by atoms with Crippen LogP contribution in [0.3, 0.4) is 0 Å². The molecule has 0 unspecified atom stereocenters. The van der Waals surface area contributed by atoms with Crippen LogP contribution in [0.25, 0.3) is 0 Å². The maximum Gasteiger partial charge on any atom is 0.151 e. The van der Waals surface area contributed by atoms with Gasteiger partial charge in [0.25, 0.3) is 0 Å². The van der Waals surface area contributed by atoms with Gasteiger partial charge in [-0.3, -0.25) is 0 Å². The SMILES string of the molecule is CCc1ccc(CCN2CCC(N(C)c3cccnn3)CC2)cc1. The number of aryl methyl sites for hydroxylation is 1. The number of hydrogen-bond donors (Lipinski definition) is 0. The van der Waals surface area contributed by atoms with E-state index in [1.165, 1.54) is 37.1 Å². The van der Waals surface area contributed by atoms with Crippen molar-refractivity contribution >= 4 is 5.82 Å². The molecule has 1 fully saturated rings. The summed E-state index contributed by atoms with van der Waals surface area (Å²) in [5.74, 6) is 0.979. The zero-order valence-corrected chi connectivity index (χ0v) is 14.9. The molecule has 0 atom stereocenters. The van der Waals surface area contributed by atoms with Gasteiger partial charge in [0.1, 0.15) is 0 Å². The van der Waals surface area contributed by atoms with Gasteiger partial charge in [0.2, 0.25) is 0 Å². The number of rotatable bonds is 6. The molecule has 1 aromatic carbocycles. The van der Waals surface area contributed by atoms with E-state index in [1.54, 1.807) is 6.20 Å². The minimum Gasteiger partial charge on any atom is -0.355 e. The Kier molecular flexibility index (Phi) is 5.81. The molecule has 1 saturated heterocycles. The lowest BCUT2D eigenvalue weighted by Gasteiger charge is -2.37. The number of piperidine rings is 1. The zero-order chi connectivity index (χ0) is 16.8. The van der Waals surface area contributed by atoms with Crippen molar-refractivity contribution in [1.82, 2.24) is 15.1 Å². The van der Waals surface area contributed by atoms with Gasteiger partial charge >= 0.3 is 0 Å². The Bertz CT molecular complexity index is 603. The highest BCUT2D eigenvalue weighted by Gasteiger charge is 2.23. The Labute approximate surface area is 145 Å². The van der Waals surface area contributed by atoms with Gasteiger partial charge in [-0.05, 0) is 48.9 Å². The maximum absolute atomic E-state index is 4.23. The summed E-state index contributed by atoms with van der Waals surface area (Å²) >= 11 is 0. The van der Waals surface area contributed by atoms with Crippen LogP contribution in [0, 0.1) is 0 Å². The van der Waals surface area contributed by atoms with Gasteiger partial charge in [0.15, 0.2) is 5.82 Å². The quantitative estimate of drug-likeness (QED) is 0.817. The monoisotopic (exact) mass is 324 g/mol. The van der Waals surface area contributed by atoms with Crippen LogP contribution in [-0.2, 0) is 12.8 Å². The Morgan fingerprint density at radius 1 is 1.08 bits per heavy atom. The van der Waals surface area contributed by atoms with E-state index in [4.69, 9.17) is 0 Å². The van der Waals surface area contributed by atoms with Crippen LogP contribution in [0.5, 0.6) is 0 Å². The largest absolute Gasteiger partial charge is 0.355 e. The fourth-order valence-corrected chi connectivity index (χ4v) is 3.43. The summed E-state index contributed by atoms with van der Waals surface area (Å²) in [6, 6.07) is 13.7. The lowest BCUT2D eigenvalue weighted by molar-refractivity contribution is 0.213. The van der Waals surface area contributed by atoms with E-state index in [2.05, 4.69) is 58.2 Å². The van der Waals surface area contributed by atoms with Crippen molar-refractivity contribution in [1.29, 1.82) is 0 Å². The molecule has 0 saturated carbocycles. The van der Waals surface area contributed by atoms with Crippen LogP contribution in [0.1, 0.15) is 30.9 Å². The average Bonchev–Trinajstić information content (AvgIpc) is 2.67. The maximum atomic E-state index is 4.23. The number of nitrogens with zero attached hydrogens (tertiary/aromatic N) is 4. The first-order valence-electron chi connectivity index (χ1n) is 9.07. The molecule has 128 valence electrons. The molecule has 2 aromatic rings. The number of anilines is 1. The molecule has 1 aliphatic rings. The molecule has 0 bridgehead atoms. The van der Waals surface area contributed by atoms with Gasteiger partial charge in [-0.1, -0.05) is 31.2 Å². The summed E-state index contributed by atoms with van der Waals surface area (Å²) < 4.78 is 0. The van der Waals surface area contributed by atoms with Crippen molar-refractivity contribution < 1.29 is 0 Å². The lowest BCUT2D eigenvalue weighted by atomic mass is 10.0. The third-order valence-electron chi connectivity index (χ3n) is 5.17. The van der Waals surface area contributed by atoms with Crippen molar-refractivity contribution in [2.45, 2.75) is 38.6 Å². The van der Waals surface area contributed by atoms with Crippen LogP contribution in [0.15, 0.2) is 42.6 Å². The van der Waals surface area contributed by atoms with Gasteiger partial charge in [0.05, 0.1) is 0 Å². The highest BCUT2D eigenvalue weighted by Crippen LogP contribution is 2.20. The number of aromatic nitrogens is 2. The molecule has 2 heterocycles. The van der Waals surface area contributed by atoms with Crippen LogP contribution in [-0.4, -0.2) is 47.8 Å². The highest BCUT2D eigenvalue weighted by molar-refractivity contribution is 5.36. The Morgan fingerprint density at radius 3 is 2.42 bits per heavy atom. The van der Waals surface area contributed by atoms with E-state index in [1.807, 2.05) is 12.1 Å². The van der Waals surface area contributed by atoms with Crippen LogP contribution < -0.4 is 4.90 Å². The summed E-state index contributed by atoms with van der Waals surface area (Å²) in [5.41, 5.74) is 2.87. The second kappa shape index (κ2) is 8.25. The van der Waals surface area contributed by atoms with E-state index in [0.29, 0.717) is 6.04 Å². The van der Waals surface area contributed by atoms with Gasteiger partial charge in [0, 0.05) is 38.9 Å². The molecule has 24 heavy (non-hydrogen) atoms. The number of likely N-dealkylation sites (tertiary alicyclic amines) is 1. The summed E-state index contributed by atoms with van der Waals surface area (Å²) in [6.45, 7) is 5.70. The molecule has 1 aromatic heterocycles. The molecule has 0 radical (unpaired) electrons. The highest BCUT2D eigenvalue weighted by atomic mass is 15.3. The fraction of sp³-hybridized carbons (Fsp3) is 0.500. The second-order valence-electron chi connectivity index (χ2n) is 6.69. The third-order valence-corrected chi connectivity index (χ3v) is 5.17. The molecule has 0 amide bonds. The van der Waals surface area contributed by atoms with Gasteiger partial charge < -0.3 is 9.80 Å². The van der Waals surface area contributed by atoms with Gasteiger partial charge in [-0.15, -0.1) is 5.10 Å². The van der Waals surface area contributed by atoms with Crippen molar-refractivity contribution in [2.75, 3.05) is 31.6 Å². The van der Waals surface area contributed by atoms with Crippen molar-refractivity contribution in [3.8, 4) is 0 Å². The van der Waals surface area contributed by atoms with E-state index in [0.717, 1.165) is 25.2 Å². The predicted octanol–water partition coefficient (Wildman–Crippen LogP) is 3.18. The molecule has 0 aliphatic carbocycles. The smallest absolute Gasteiger partial charge is 0.151 e. The molecule has 0 spiro atoms. The van der Waals surface area contributed by atoms with Gasteiger partial charge in [-0.25, -0.2) is 0 Å². The Hall–Kier alpha value is -1.94. The Balaban J connectivity index is 1.45. The van der Waals surface area contributed by atoms with E-state index < -0.39 is 0 Å². The summed E-state index contributed by atoms with van der Waals surface area (Å²) in [7, 11) is 2.14. The average molecular weight is 324 g/mol. The van der Waals surface area contributed by atoms with E-state index in [-0.39, 0.29) is 0 Å². The zero-order valence-electron chi connectivity index (χ0n) is 14.9. The minimum absolute atomic E-state index is 0.571. The fourth-order valence-electron chi connectivity index (χ4n) is 3.43. The summed E-state index contributed by atoms with van der Waals surface area (Å²) in [6.07, 6.45) is 6.39. The normalized spacial score (nSPS) is 16.2. The molecular weight excluding hydrogens is 296 g/mol. The number of benzene rings is 1. The standard InChI is InChI=1S/C20H28N4/c1-3-17-6-8-18(9-7-17)10-14-24-15-11-19(12-16-24)23(2)20-5-4-13-21-22-20/h4-9,13,19H,3,10-12,14-16H2,1-2H3. The first-order valence-corrected chi connectivity index (χ1v) is 9.07. The summed E-state index contributed by atoms with van der Waals surface area (Å²) in [5, 5.41) is 8.21. The van der Waals surface area contributed by atoms with E-state index >= 15 is 0 Å². The lowest BCUT2D eigenvalue weighted by Crippen LogP contribution is -2.44. The topological polar surface area (TPSA) is 32.3 Å². The molecule has 0 N–H and O–H groups in total. The first-order chi connectivity index (χ1) is 11.8. The minimum atomic E-state index is 0.571. The first kappa shape index (κ1) is 16.9. The van der Waals surface area contributed by atoms with Crippen LogP contribution in [0.2, 0.25) is 0 Å². The molecule has 1 aliphatic heterocycles. The van der Waals surface area contributed by atoms with Crippen LogP contribution >= 0.6 is 0 Å². The van der Waals surface area contributed by atoms with Crippen molar-refractivity contribution in [3.05, 3.63) is 53.7 Å². The Morgan fingerprint density at radius 2 is 1.79 bits per heavy atom. The number of hydrogen-bond acceptors (Lipinski definition) is 4. The van der Waals surface area contributed by atoms with E-state index in [9.17, 15) is 0 Å². The molecule has 4 heteroatoms.